The van der Waals surface area contributed by atoms with Crippen molar-refractivity contribution in [3.63, 3.8) is 0 Å². The van der Waals surface area contributed by atoms with Gasteiger partial charge in [-0.3, -0.25) is 0 Å². The Bertz CT molecular complexity index is 410. The molecular formula is C15H14. The molecule has 0 aromatic heterocycles. The number of hydrogen-bond donors (Lipinski definition) is 0. The Hall–Kier alpha value is -2.00. The standard InChI is InChI=1S/C15H14/c1-3-4-9-14(2)10-8-13-15-11-6-5-7-12-15/h3-7,9,11-12H,1-2,13H2/b9-4-. The van der Waals surface area contributed by atoms with Gasteiger partial charge < -0.3 is 0 Å². The molecule has 0 aliphatic rings. The van der Waals surface area contributed by atoms with Gasteiger partial charge in [-0.1, -0.05) is 67.5 Å². The van der Waals surface area contributed by atoms with Gasteiger partial charge in [0.25, 0.3) is 0 Å². The van der Waals surface area contributed by atoms with Crippen LogP contribution in [0.25, 0.3) is 0 Å². The maximum absolute atomic E-state index is 3.82. The Kier molecular flexibility index (Phi) is 4.77. The minimum absolute atomic E-state index is 0.766. The monoisotopic (exact) mass is 194 g/mol. The first-order chi connectivity index (χ1) is 7.33. The highest BCUT2D eigenvalue weighted by Crippen LogP contribution is 1.98. The van der Waals surface area contributed by atoms with Crippen molar-refractivity contribution in [1.82, 2.24) is 0 Å². The van der Waals surface area contributed by atoms with E-state index < -0.39 is 0 Å². The maximum Gasteiger partial charge on any atom is 0.0344 e. The van der Waals surface area contributed by atoms with Crippen molar-refractivity contribution < 1.29 is 0 Å². The van der Waals surface area contributed by atoms with Crippen LogP contribution in [0.5, 0.6) is 0 Å². The molecule has 0 unspecified atom stereocenters. The summed E-state index contributed by atoms with van der Waals surface area (Å²) in [6.07, 6.45) is 6.16. The van der Waals surface area contributed by atoms with Crippen molar-refractivity contribution in [1.29, 1.82) is 0 Å². The molecule has 0 bridgehead atoms. The van der Waals surface area contributed by atoms with Gasteiger partial charge in [0.2, 0.25) is 0 Å². The topological polar surface area (TPSA) is 0 Å². The Balaban J connectivity index is 2.50. The summed E-state index contributed by atoms with van der Waals surface area (Å²) in [7, 11) is 0. The molecule has 0 fully saturated rings. The van der Waals surface area contributed by atoms with E-state index in [0.29, 0.717) is 0 Å². The van der Waals surface area contributed by atoms with Crippen molar-refractivity contribution in [2.24, 2.45) is 0 Å². The molecule has 0 aliphatic heterocycles. The summed E-state index contributed by atoms with van der Waals surface area (Å²) < 4.78 is 0. The molecule has 0 radical (unpaired) electrons. The third kappa shape index (κ3) is 4.69. The summed E-state index contributed by atoms with van der Waals surface area (Å²) in [5, 5.41) is 0. The summed E-state index contributed by atoms with van der Waals surface area (Å²) in [5.41, 5.74) is 2.04. The van der Waals surface area contributed by atoms with Crippen LogP contribution in [0.15, 0.2) is 67.3 Å². The third-order valence-corrected chi connectivity index (χ3v) is 1.82. The molecule has 1 aromatic carbocycles. The van der Waals surface area contributed by atoms with Crippen molar-refractivity contribution in [3.05, 3.63) is 72.9 Å². The zero-order valence-electron chi connectivity index (χ0n) is 8.74. The van der Waals surface area contributed by atoms with Gasteiger partial charge in [-0.25, -0.2) is 0 Å². The van der Waals surface area contributed by atoms with E-state index in [0.717, 1.165) is 12.0 Å². The lowest BCUT2D eigenvalue weighted by atomic mass is 10.1. The minimum Gasteiger partial charge on any atom is -0.0991 e. The predicted molar refractivity (Wildman–Crippen MR) is 66.4 cm³/mol. The highest BCUT2D eigenvalue weighted by Gasteiger charge is 1.85. The molecular weight excluding hydrogens is 180 g/mol. The summed E-state index contributed by atoms with van der Waals surface area (Å²) in [6.45, 7) is 7.40. The molecule has 0 heterocycles. The Morgan fingerprint density at radius 2 is 2.00 bits per heavy atom. The fourth-order valence-corrected chi connectivity index (χ4v) is 1.08. The molecule has 0 amide bonds. The lowest BCUT2D eigenvalue weighted by Gasteiger charge is -1.91. The predicted octanol–water partition coefficient (Wildman–Crippen LogP) is 3.53. The Morgan fingerprint density at radius 1 is 1.27 bits per heavy atom. The van der Waals surface area contributed by atoms with E-state index >= 15 is 0 Å². The van der Waals surface area contributed by atoms with Gasteiger partial charge >= 0.3 is 0 Å². The van der Waals surface area contributed by atoms with Crippen molar-refractivity contribution in [2.75, 3.05) is 0 Å². The minimum atomic E-state index is 0.766. The van der Waals surface area contributed by atoms with Gasteiger partial charge in [0.1, 0.15) is 0 Å². The summed E-state index contributed by atoms with van der Waals surface area (Å²) in [5.74, 6) is 6.06. The summed E-state index contributed by atoms with van der Waals surface area (Å²) >= 11 is 0. The van der Waals surface area contributed by atoms with E-state index in [2.05, 4.69) is 37.1 Å². The van der Waals surface area contributed by atoms with Crippen molar-refractivity contribution in [3.8, 4) is 11.8 Å². The van der Waals surface area contributed by atoms with Crippen LogP contribution < -0.4 is 0 Å². The van der Waals surface area contributed by atoms with Gasteiger partial charge in [0.15, 0.2) is 0 Å². The highest BCUT2D eigenvalue weighted by atomic mass is 13.9. The fourth-order valence-electron chi connectivity index (χ4n) is 1.08. The van der Waals surface area contributed by atoms with Crippen LogP contribution in [0.3, 0.4) is 0 Å². The maximum atomic E-state index is 3.82. The normalized spacial score (nSPS) is 9.33. The Labute approximate surface area is 91.6 Å². The first-order valence-electron chi connectivity index (χ1n) is 4.83. The second kappa shape index (κ2) is 6.45. The van der Waals surface area contributed by atoms with Crippen LogP contribution in [-0.4, -0.2) is 0 Å². The van der Waals surface area contributed by atoms with Crippen LogP contribution in [-0.2, 0) is 6.42 Å². The van der Waals surface area contributed by atoms with E-state index in [9.17, 15) is 0 Å². The molecule has 0 saturated carbocycles. The van der Waals surface area contributed by atoms with E-state index in [4.69, 9.17) is 0 Å². The molecule has 0 nitrogen and oxygen atoms in total. The molecule has 1 aromatic rings. The van der Waals surface area contributed by atoms with Crippen molar-refractivity contribution >= 4 is 0 Å². The van der Waals surface area contributed by atoms with E-state index in [1.54, 1.807) is 6.08 Å². The second-order valence-electron chi connectivity index (χ2n) is 3.08. The first-order valence-corrected chi connectivity index (χ1v) is 4.83. The second-order valence-corrected chi connectivity index (χ2v) is 3.08. The molecule has 15 heavy (non-hydrogen) atoms. The smallest absolute Gasteiger partial charge is 0.0344 e. The molecule has 0 N–H and O–H groups in total. The van der Waals surface area contributed by atoms with Crippen LogP contribution in [0, 0.1) is 11.8 Å². The highest BCUT2D eigenvalue weighted by molar-refractivity contribution is 5.37. The number of rotatable bonds is 3. The molecule has 0 aliphatic carbocycles. The lowest BCUT2D eigenvalue weighted by molar-refractivity contribution is 1.32. The van der Waals surface area contributed by atoms with Gasteiger partial charge in [0.05, 0.1) is 0 Å². The van der Waals surface area contributed by atoms with E-state index in [-0.39, 0.29) is 0 Å². The largest absolute Gasteiger partial charge is 0.0991 e. The molecule has 74 valence electrons. The zero-order chi connectivity index (χ0) is 10.9. The van der Waals surface area contributed by atoms with E-state index in [1.165, 1.54) is 5.56 Å². The molecule has 0 saturated heterocycles. The number of allylic oxidation sites excluding steroid dienone is 4. The molecule has 0 spiro atoms. The average Bonchev–Trinajstić information content (AvgIpc) is 2.28. The number of benzene rings is 1. The van der Waals surface area contributed by atoms with Crippen LogP contribution in [0.1, 0.15) is 5.56 Å². The van der Waals surface area contributed by atoms with Gasteiger partial charge in [-0.2, -0.15) is 0 Å². The quantitative estimate of drug-likeness (QED) is 0.510. The lowest BCUT2D eigenvalue weighted by Crippen LogP contribution is -1.79. The van der Waals surface area contributed by atoms with Crippen LogP contribution >= 0.6 is 0 Å². The SMILES string of the molecule is C=C/C=C\C(=C)C#CCc1ccccc1. The number of hydrogen-bond acceptors (Lipinski definition) is 0. The van der Waals surface area contributed by atoms with Crippen LogP contribution in [0.4, 0.5) is 0 Å². The van der Waals surface area contributed by atoms with E-state index in [1.807, 2.05) is 30.4 Å². The molecule has 0 heteroatoms. The summed E-state index contributed by atoms with van der Waals surface area (Å²) in [4.78, 5) is 0. The van der Waals surface area contributed by atoms with Crippen molar-refractivity contribution in [2.45, 2.75) is 6.42 Å². The van der Waals surface area contributed by atoms with Gasteiger partial charge in [-0.15, -0.1) is 0 Å². The first kappa shape index (κ1) is 11.1. The summed E-state index contributed by atoms with van der Waals surface area (Å²) in [6, 6.07) is 10.2. The third-order valence-electron chi connectivity index (χ3n) is 1.82. The van der Waals surface area contributed by atoms with Crippen LogP contribution in [0.2, 0.25) is 0 Å². The average molecular weight is 194 g/mol. The molecule has 1 rings (SSSR count). The van der Waals surface area contributed by atoms with Gasteiger partial charge in [0, 0.05) is 12.0 Å². The molecule has 0 atom stereocenters. The fraction of sp³-hybridized carbons (Fsp3) is 0.0667. The Morgan fingerprint density at radius 3 is 2.67 bits per heavy atom. The zero-order valence-corrected chi connectivity index (χ0v) is 8.74. The van der Waals surface area contributed by atoms with Gasteiger partial charge in [-0.05, 0) is 11.6 Å².